The van der Waals surface area contributed by atoms with Crippen LogP contribution in [0.25, 0.3) is 0 Å². The van der Waals surface area contributed by atoms with Crippen molar-refractivity contribution in [2.45, 2.75) is 19.4 Å². The van der Waals surface area contributed by atoms with E-state index in [0.29, 0.717) is 0 Å². The molecule has 0 aliphatic carbocycles. The number of hydrogen-bond acceptors (Lipinski definition) is 2. The van der Waals surface area contributed by atoms with Crippen LogP contribution in [0.15, 0.2) is 29.3 Å². The van der Waals surface area contributed by atoms with Crippen molar-refractivity contribution in [1.82, 2.24) is 0 Å². The molecule has 1 aromatic carbocycles. The SMILES string of the molecule is CCC(CO)N=Cc1ccc(Cl)cc1. The van der Waals surface area contributed by atoms with Gasteiger partial charge in [-0.2, -0.15) is 0 Å². The van der Waals surface area contributed by atoms with Gasteiger partial charge in [0.1, 0.15) is 0 Å². The number of nitrogens with zero attached hydrogens (tertiary/aromatic N) is 1. The molecular weight excluding hydrogens is 198 g/mol. The first-order valence-corrected chi connectivity index (χ1v) is 5.03. The van der Waals surface area contributed by atoms with Gasteiger partial charge >= 0.3 is 0 Å². The summed E-state index contributed by atoms with van der Waals surface area (Å²) in [5.74, 6) is 0. The zero-order valence-electron chi connectivity index (χ0n) is 8.15. The first-order chi connectivity index (χ1) is 6.76. The molecule has 3 heteroatoms. The minimum atomic E-state index is 0.00526. The predicted octanol–water partition coefficient (Wildman–Crippen LogP) is 2.53. The number of aliphatic imine (C=N–C) groups is 1. The van der Waals surface area contributed by atoms with Crippen molar-refractivity contribution in [2.75, 3.05) is 6.61 Å². The summed E-state index contributed by atoms with van der Waals surface area (Å²) in [6.45, 7) is 2.10. The summed E-state index contributed by atoms with van der Waals surface area (Å²) in [5.41, 5.74) is 1.00. The lowest BCUT2D eigenvalue weighted by Gasteiger charge is -2.03. The van der Waals surface area contributed by atoms with Crippen molar-refractivity contribution in [3.05, 3.63) is 34.9 Å². The van der Waals surface area contributed by atoms with Gasteiger partial charge in [0, 0.05) is 11.2 Å². The second-order valence-electron chi connectivity index (χ2n) is 3.07. The Kier molecular flexibility index (Phi) is 4.63. The van der Waals surface area contributed by atoms with E-state index in [1.165, 1.54) is 0 Å². The summed E-state index contributed by atoms with van der Waals surface area (Å²) < 4.78 is 0. The lowest BCUT2D eigenvalue weighted by Crippen LogP contribution is -2.08. The number of hydrogen-bond donors (Lipinski definition) is 1. The fourth-order valence-electron chi connectivity index (χ4n) is 1.02. The van der Waals surface area contributed by atoms with E-state index in [0.717, 1.165) is 17.0 Å². The van der Waals surface area contributed by atoms with Gasteiger partial charge in [-0.15, -0.1) is 0 Å². The Morgan fingerprint density at radius 1 is 1.43 bits per heavy atom. The quantitative estimate of drug-likeness (QED) is 0.763. The normalized spacial score (nSPS) is 13.4. The van der Waals surface area contributed by atoms with E-state index in [1.54, 1.807) is 6.21 Å². The maximum Gasteiger partial charge on any atom is 0.0727 e. The molecular formula is C11H14ClNO. The molecule has 0 fully saturated rings. The van der Waals surface area contributed by atoms with E-state index >= 15 is 0 Å². The summed E-state index contributed by atoms with van der Waals surface area (Å²) in [6, 6.07) is 7.45. The Morgan fingerprint density at radius 3 is 2.57 bits per heavy atom. The standard InChI is InChI=1S/C11H14ClNO/c1-2-11(8-14)13-7-9-3-5-10(12)6-4-9/h3-7,11,14H,2,8H2,1H3. The minimum Gasteiger partial charge on any atom is -0.394 e. The van der Waals surface area contributed by atoms with Crippen molar-refractivity contribution >= 4 is 17.8 Å². The molecule has 0 aromatic heterocycles. The van der Waals surface area contributed by atoms with E-state index < -0.39 is 0 Å². The molecule has 0 saturated heterocycles. The molecule has 76 valence electrons. The van der Waals surface area contributed by atoms with Crippen LogP contribution in [0.2, 0.25) is 5.02 Å². The van der Waals surface area contributed by atoms with Crippen LogP contribution in [-0.2, 0) is 0 Å². The molecule has 0 radical (unpaired) electrons. The molecule has 0 spiro atoms. The van der Waals surface area contributed by atoms with Gasteiger partial charge in [0.05, 0.1) is 12.6 Å². The summed E-state index contributed by atoms with van der Waals surface area (Å²) >= 11 is 5.74. The summed E-state index contributed by atoms with van der Waals surface area (Å²) in [5, 5.41) is 9.63. The maximum atomic E-state index is 8.91. The topological polar surface area (TPSA) is 32.6 Å². The first kappa shape index (κ1) is 11.2. The predicted molar refractivity (Wildman–Crippen MR) is 60.2 cm³/mol. The zero-order valence-corrected chi connectivity index (χ0v) is 8.91. The largest absolute Gasteiger partial charge is 0.394 e. The van der Waals surface area contributed by atoms with Crippen LogP contribution in [0.4, 0.5) is 0 Å². The number of aliphatic hydroxyl groups excluding tert-OH is 1. The van der Waals surface area contributed by atoms with Gasteiger partial charge in [-0.1, -0.05) is 30.7 Å². The average Bonchev–Trinajstić information content (AvgIpc) is 2.22. The van der Waals surface area contributed by atoms with Crippen LogP contribution >= 0.6 is 11.6 Å². The van der Waals surface area contributed by atoms with Crippen LogP contribution in [-0.4, -0.2) is 24.0 Å². The van der Waals surface area contributed by atoms with Crippen LogP contribution in [0, 0.1) is 0 Å². The molecule has 0 amide bonds. The van der Waals surface area contributed by atoms with Gasteiger partial charge in [-0.05, 0) is 24.1 Å². The van der Waals surface area contributed by atoms with Gasteiger partial charge < -0.3 is 5.11 Å². The molecule has 14 heavy (non-hydrogen) atoms. The van der Waals surface area contributed by atoms with E-state index in [9.17, 15) is 0 Å². The number of rotatable bonds is 4. The first-order valence-electron chi connectivity index (χ1n) is 4.66. The molecule has 2 nitrogen and oxygen atoms in total. The summed E-state index contributed by atoms with van der Waals surface area (Å²) in [4.78, 5) is 4.24. The monoisotopic (exact) mass is 211 g/mol. The smallest absolute Gasteiger partial charge is 0.0727 e. The molecule has 0 aliphatic rings. The fourth-order valence-corrected chi connectivity index (χ4v) is 1.15. The Labute approximate surface area is 89.2 Å². The third-order valence-corrected chi connectivity index (χ3v) is 2.24. The van der Waals surface area contributed by atoms with Gasteiger partial charge in [0.2, 0.25) is 0 Å². The second kappa shape index (κ2) is 5.78. The highest BCUT2D eigenvalue weighted by Gasteiger charge is 1.98. The van der Waals surface area contributed by atoms with Gasteiger partial charge in [0.15, 0.2) is 0 Å². The number of halogens is 1. The van der Waals surface area contributed by atoms with Gasteiger partial charge in [0.25, 0.3) is 0 Å². The molecule has 0 heterocycles. The Morgan fingerprint density at radius 2 is 2.07 bits per heavy atom. The van der Waals surface area contributed by atoms with Crippen molar-refractivity contribution in [3.63, 3.8) is 0 Å². The summed E-state index contributed by atoms with van der Waals surface area (Å²) in [6.07, 6.45) is 2.61. The number of benzene rings is 1. The molecule has 0 saturated carbocycles. The lowest BCUT2D eigenvalue weighted by molar-refractivity contribution is 0.264. The summed E-state index contributed by atoms with van der Waals surface area (Å²) in [7, 11) is 0. The Bertz CT molecular complexity index is 291. The highest BCUT2D eigenvalue weighted by Crippen LogP contribution is 2.08. The van der Waals surface area contributed by atoms with Crippen LogP contribution in [0.1, 0.15) is 18.9 Å². The molecule has 1 N–H and O–H groups in total. The van der Waals surface area contributed by atoms with E-state index in [4.69, 9.17) is 16.7 Å². The third-order valence-electron chi connectivity index (χ3n) is 1.99. The average molecular weight is 212 g/mol. The Balaban J connectivity index is 2.63. The Hall–Kier alpha value is -0.860. The van der Waals surface area contributed by atoms with Crippen LogP contribution in [0.5, 0.6) is 0 Å². The van der Waals surface area contributed by atoms with Gasteiger partial charge in [-0.25, -0.2) is 0 Å². The maximum absolute atomic E-state index is 8.91. The molecule has 0 bridgehead atoms. The van der Waals surface area contributed by atoms with Crippen molar-refractivity contribution in [2.24, 2.45) is 4.99 Å². The minimum absolute atomic E-state index is 0.00526. The van der Waals surface area contributed by atoms with Gasteiger partial charge in [-0.3, -0.25) is 4.99 Å². The van der Waals surface area contributed by atoms with E-state index in [2.05, 4.69) is 4.99 Å². The highest BCUT2D eigenvalue weighted by molar-refractivity contribution is 6.30. The van der Waals surface area contributed by atoms with E-state index in [-0.39, 0.29) is 12.6 Å². The van der Waals surface area contributed by atoms with E-state index in [1.807, 2.05) is 31.2 Å². The van der Waals surface area contributed by atoms with Crippen LogP contribution < -0.4 is 0 Å². The van der Waals surface area contributed by atoms with Crippen molar-refractivity contribution < 1.29 is 5.11 Å². The van der Waals surface area contributed by atoms with Crippen LogP contribution in [0.3, 0.4) is 0 Å². The molecule has 1 unspecified atom stereocenters. The third kappa shape index (κ3) is 3.48. The zero-order chi connectivity index (χ0) is 10.4. The van der Waals surface area contributed by atoms with Crippen molar-refractivity contribution in [3.8, 4) is 0 Å². The highest BCUT2D eigenvalue weighted by atomic mass is 35.5. The van der Waals surface area contributed by atoms with Crippen molar-refractivity contribution in [1.29, 1.82) is 0 Å². The lowest BCUT2D eigenvalue weighted by atomic mass is 10.2. The molecule has 1 atom stereocenters. The molecule has 1 aromatic rings. The molecule has 0 aliphatic heterocycles. The fraction of sp³-hybridized carbons (Fsp3) is 0.364. The second-order valence-corrected chi connectivity index (χ2v) is 3.51. The number of aliphatic hydroxyl groups is 1. The molecule has 1 rings (SSSR count).